The Bertz CT molecular complexity index is 652. The summed E-state index contributed by atoms with van der Waals surface area (Å²) in [4.78, 5) is 7.32. The molecule has 2 unspecified atom stereocenters. The van der Waals surface area contributed by atoms with Gasteiger partial charge in [-0.2, -0.15) is 0 Å². The standard InChI is InChI=1S/C18H23N3/c19-12-14-11-18(15-6-2-3-7-16(15)20-14)21-10-9-13-5-1-4-8-17(13)21/h2-3,6-7,11,13,17H,1,4-5,8-10,12,19H2. The summed E-state index contributed by atoms with van der Waals surface area (Å²) in [6, 6.07) is 11.4. The summed E-state index contributed by atoms with van der Waals surface area (Å²) >= 11 is 0. The first-order valence-corrected chi connectivity index (χ1v) is 8.22. The molecule has 0 amide bonds. The topological polar surface area (TPSA) is 42.1 Å². The molecule has 3 nitrogen and oxygen atoms in total. The first-order valence-electron chi connectivity index (χ1n) is 8.22. The van der Waals surface area contributed by atoms with Crippen molar-refractivity contribution in [3.8, 4) is 0 Å². The molecule has 0 spiro atoms. The average Bonchev–Trinajstić information content (AvgIpc) is 2.97. The number of benzene rings is 1. The summed E-state index contributed by atoms with van der Waals surface area (Å²) in [5.74, 6) is 0.895. The van der Waals surface area contributed by atoms with Crippen LogP contribution in [-0.2, 0) is 6.54 Å². The molecule has 2 fully saturated rings. The molecule has 1 aliphatic heterocycles. The van der Waals surface area contributed by atoms with Crippen molar-refractivity contribution < 1.29 is 0 Å². The Kier molecular flexibility index (Phi) is 3.30. The third-order valence-corrected chi connectivity index (χ3v) is 5.28. The molecule has 1 saturated heterocycles. The van der Waals surface area contributed by atoms with Crippen molar-refractivity contribution in [2.24, 2.45) is 11.7 Å². The predicted octanol–water partition coefficient (Wildman–Crippen LogP) is 3.46. The highest BCUT2D eigenvalue weighted by atomic mass is 15.2. The van der Waals surface area contributed by atoms with E-state index in [4.69, 9.17) is 5.73 Å². The fourth-order valence-corrected chi connectivity index (χ4v) is 4.26. The second kappa shape index (κ2) is 5.30. The van der Waals surface area contributed by atoms with E-state index in [0.29, 0.717) is 6.54 Å². The number of rotatable bonds is 2. The third-order valence-electron chi connectivity index (χ3n) is 5.28. The van der Waals surface area contributed by atoms with Gasteiger partial charge in [-0.25, -0.2) is 0 Å². The first kappa shape index (κ1) is 13.1. The molecular weight excluding hydrogens is 258 g/mol. The quantitative estimate of drug-likeness (QED) is 0.916. The zero-order valence-corrected chi connectivity index (χ0v) is 12.5. The van der Waals surface area contributed by atoms with E-state index < -0.39 is 0 Å². The van der Waals surface area contributed by atoms with Gasteiger partial charge in [-0.3, -0.25) is 4.98 Å². The lowest BCUT2D eigenvalue weighted by molar-refractivity contribution is 0.342. The molecule has 1 aromatic heterocycles. The van der Waals surface area contributed by atoms with Gasteiger partial charge in [0.1, 0.15) is 0 Å². The van der Waals surface area contributed by atoms with Gasteiger partial charge in [0.2, 0.25) is 0 Å². The number of para-hydroxylation sites is 1. The number of fused-ring (bicyclic) bond motifs is 2. The van der Waals surface area contributed by atoms with Crippen molar-refractivity contribution in [2.75, 3.05) is 11.4 Å². The lowest BCUT2D eigenvalue weighted by atomic mass is 9.85. The van der Waals surface area contributed by atoms with Crippen LogP contribution < -0.4 is 10.6 Å². The number of hydrogen-bond acceptors (Lipinski definition) is 3. The number of anilines is 1. The van der Waals surface area contributed by atoms with Gasteiger partial charge in [-0.1, -0.05) is 31.0 Å². The van der Waals surface area contributed by atoms with Crippen molar-refractivity contribution in [2.45, 2.75) is 44.7 Å². The Morgan fingerprint density at radius 1 is 1.14 bits per heavy atom. The monoisotopic (exact) mass is 281 g/mol. The Hall–Kier alpha value is -1.61. The Labute approximate surface area is 126 Å². The lowest BCUT2D eigenvalue weighted by Gasteiger charge is -2.34. The minimum Gasteiger partial charge on any atom is -0.368 e. The molecule has 4 rings (SSSR count). The van der Waals surface area contributed by atoms with Crippen LogP contribution >= 0.6 is 0 Å². The summed E-state index contributed by atoms with van der Waals surface area (Å²) < 4.78 is 0. The van der Waals surface area contributed by atoms with E-state index in [9.17, 15) is 0 Å². The Balaban J connectivity index is 1.81. The first-order chi connectivity index (χ1) is 10.4. The Morgan fingerprint density at radius 3 is 2.90 bits per heavy atom. The van der Waals surface area contributed by atoms with Gasteiger partial charge in [0.15, 0.2) is 0 Å². The van der Waals surface area contributed by atoms with E-state index in [2.05, 4.69) is 40.2 Å². The summed E-state index contributed by atoms with van der Waals surface area (Å²) in [5.41, 5.74) is 9.30. The molecule has 2 heterocycles. The summed E-state index contributed by atoms with van der Waals surface area (Å²) in [6.07, 6.45) is 6.90. The molecule has 3 heteroatoms. The van der Waals surface area contributed by atoms with E-state index in [0.717, 1.165) is 23.2 Å². The third kappa shape index (κ3) is 2.20. The van der Waals surface area contributed by atoms with Crippen LogP contribution in [0.2, 0.25) is 0 Å². The molecule has 2 aliphatic rings. The molecule has 1 aromatic carbocycles. The highest BCUT2D eigenvalue weighted by Crippen LogP contribution is 2.41. The van der Waals surface area contributed by atoms with Crippen LogP contribution in [0.1, 0.15) is 37.8 Å². The molecular formula is C18H23N3. The van der Waals surface area contributed by atoms with Gasteiger partial charge in [0.05, 0.1) is 11.2 Å². The van der Waals surface area contributed by atoms with Crippen molar-refractivity contribution in [1.29, 1.82) is 0 Å². The number of nitrogens with two attached hydrogens (primary N) is 1. The Morgan fingerprint density at radius 2 is 2.00 bits per heavy atom. The predicted molar refractivity (Wildman–Crippen MR) is 87.3 cm³/mol. The van der Waals surface area contributed by atoms with Gasteiger partial charge in [0.25, 0.3) is 0 Å². The SMILES string of the molecule is NCc1cc(N2CCC3CCCCC32)c2ccccc2n1. The highest BCUT2D eigenvalue weighted by molar-refractivity contribution is 5.92. The van der Waals surface area contributed by atoms with Crippen molar-refractivity contribution in [1.82, 2.24) is 4.98 Å². The van der Waals surface area contributed by atoms with E-state index in [1.54, 1.807) is 0 Å². The molecule has 1 saturated carbocycles. The van der Waals surface area contributed by atoms with Crippen LogP contribution in [-0.4, -0.2) is 17.6 Å². The van der Waals surface area contributed by atoms with E-state index in [1.807, 2.05) is 0 Å². The normalized spacial score (nSPS) is 25.3. The molecule has 2 N–H and O–H groups in total. The van der Waals surface area contributed by atoms with Crippen LogP contribution in [0.3, 0.4) is 0 Å². The van der Waals surface area contributed by atoms with Gasteiger partial charge < -0.3 is 10.6 Å². The van der Waals surface area contributed by atoms with E-state index in [1.165, 1.54) is 49.7 Å². The van der Waals surface area contributed by atoms with Gasteiger partial charge in [0, 0.05) is 30.2 Å². The minimum atomic E-state index is 0.514. The second-order valence-corrected chi connectivity index (χ2v) is 6.45. The second-order valence-electron chi connectivity index (χ2n) is 6.45. The van der Waals surface area contributed by atoms with Gasteiger partial charge in [-0.05, 0) is 37.3 Å². The number of nitrogens with zero attached hydrogens (tertiary/aromatic N) is 2. The number of pyridine rings is 1. The van der Waals surface area contributed by atoms with Crippen LogP contribution in [0.5, 0.6) is 0 Å². The molecule has 0 radical (unpaired) electrons. The maximum Gasteiger partial charge on any atom is 0.0726 e. The molecule has 110 valence electrons. The van der Waals surface area contributed by atoms with Crippen molar-refractivity contribution in [3.63, 3.8) is 0 Å². The van der Waals surface area contributed by atoms with Crippen LogP contribution in [0.4, 0.5) is 5.69 Å². The van der Waals surface area contributed by atoms with Crippen molar-refractivity contribution >= 4 is 16.6 Å². The van der Waals surface area contributed by atoms with Crippen LogP contribution in [0.15, 0.2) is 30.3 Å². The molecule has 2 atom stereocenters. The number of aromatic nitrogens is 1. The zero-order valence-electron chi connectivity index (χ0n) is 12.5. The molecule has 1 aliphatic carbocycles. The van der Waals surface area contributed by atoms with Crippen molar-refractivity contribution in [3.05, 3.63) is 36.0 Å². The van der Waals surface area contributed by atoms with Crippen LogP contribution in [0, 0.1) is 5.92 Å². The van der Waals surface area contributed by atoms with Gasteiger partial charge in [-0.15, -0.1) is 0 Å². The molecule has 2 aromatic rings. The van der Waals surface area contributed by atoms with E-state index in [-0.39, 0.29) is 0 Å². The highest BCUT2D eigenvalue weighted by Gasteiger charge is 2.36. The van der Waals surface area contributed by atoms with Crippen LogP contribution in [0.25, 0.3) is 10.9 Å². The fraction of sp³-hybridized carbons (Fsp3) is 0.500. The summed E-state index contributed by atoms with van der Waals surface area (Å²) in [6.45, 7) is 1.70. The zero-order chi connectivity index (χ0) is 14.2. The van der Waals surface area contributed by atoms with Gasteiger partial charge >= 0.3 is 0 Å². The maximum atomic E-state index is 5.86. The summed E-state index contributed by atoms with van der Waals surface area (Å²) in [5, 5.41) is 1.28. The molecule has 21 heavy (non-hydrogen) atoms. The largest absolute Gasteiger partial charge is 0.368 e. The maximum absolute atomic E-state index is 5.86. The van der Waals surface area contributed by atoms with E-state index >= 15 is 0 Å². The summed E-state index contributed by atoms with van der Waals surface area (Å²) in [7, 11) is 0. The lowest BCUT2D eigenvalue weighted by Crippen LogP contribution is -2.35. The number of hydrogen-bond donors (Lipinski definition) is 1. The fourth-order valence-electron chi connectivity index (χ4n) is 4.26. The molecule has 0 bridgehead atoms. The minimum absolute atomic E-state index is 0.514. The average molecular weight is 281 g/mol. The smallest absolute Gasteiger partial charge is 0.0726 e.